The van der Waals surface area contributed by atoms with Gasteiger partial charge in [-0.25, -0.2) is 9.97 Å². The van der Waals surface area contributed by atoms with Crippen LogP contribution in [0.3, 0.4) is 0 Å². The Kier molecular flexibility index (Phi) is 4.76. The summed E-state index contributed by atoms with van der Waals surface area (Å²) < 4.78 is 0. The lowest BCUT2D eigenvalue weighted by Crippen LogP contribution is -2.30. The molecule has 0 spiro atoms. The second-order valence-corrected chi connectivity index (χ2v) is 8.26. The molecular formula is C25H20B2N6O. The molecule has 0 fully saturated rings. The molecule has 4 heterocycles. The third-order valence-electron chi connectivity index (χ3n) is 6.05. The summed E-state index contributed by atoms with van der Waals surface area (Å²) in [6.45, 7) is 0. The zero-order valence-electron chi connectivity index (χ0n) is 18.8. The van der Waals surface area contributed by atoms with Crippen molar-refractivity contribution in [1.29, 1.82) is 0 Å². The van der Waals surface area contributed by atoms with Crippen LogP contribution in [0.5, 0.6) is 0 Å². The molecule has 0 bridgehead atoms. The fourth-order valence-electron chi connectivity index (χ4n) is 4.39. The van der Waals surface area contributed by atoms with Gasteiger partial charge in [-0.05, 0) is 62.6 Å². The summed E-state index contributed by atoms with van der Waals surface area (Å²) in [5.74, 6) is 1.15. The van der Waals surface area contributed by atoms with E-state index in [0.29, 0.717) is 23.0 Å². The molecule has 2 aromatic heterocycles. The molecule has 9 heteroatoms. The van der Waals surface area contributed by atoms with Crippen molar-refractivity contribution in [3.63, 3.8) is 0 Å². The molecule has 0 saturated heterocycles. The number of hydrogen-bond donors (Lipinski definition) is 0. The highest BCUT2D eigenvalue weighted by atomic mass is 16.1. The van der Waals surface area contributed by atoms with Crippen molar-refractivity contribution in [3.05, 3.63) is 96.3 Å². The number of para-hydroxylation sites is 4. The monoisotopic (exact) mass is 442 g/mol. The maximum absolute atomic E-state index is 13.4. The van der Waals surface area contributed by atoms with Gasteiger partial charge in [-0.15, -0.1) is 0 Å². The second kappa shape index (κ2) is 7.95. The first kappa shape index (κ1) is 20.4. The number of carbonyl (C=O) groups is 1. The fraction of sp³-hybridized carbons (Fsp3) is 0.0800. The highest BCUT2D eigenvalue weighted by molar-refractivity contribution is 6.53. The number of rotatable bonds is 4. The van der Waals surface area contributed by atoms with E-state index in [1.807, 2.05) is 109 Å². The van der Waals surface area contributed by atoms with E-state index in [0.717, 1.165) is 22.7 Å². The van der Waals surface area contributed by atoms with Gasteiger partial charge in [0.2, 0.25) is 5.78 Å². The first-order valence-electron chi connectivity index (χ1n) is 11.0. The lowest BCUT2D eigenvalue weighted by atomic mass is 10.1. The number of pyridine rings is 2. The van der Waals surface area contributed by atoms with Crippen LogP contribution in [0.4, 0.5) is 34.4 Å². The van der Waals surface area contributed by atoms with Crippen molar-refractivity contribution in [2.24, 2.45) is 0 Å². The minimum Gasteiger partial charge on any atom is -0.400 e. The summed E-state index contributed by atoms with van der Waals surface area (Å²) in [7, 11) is 7.93. The molecule has 7 nitrogen and oxygen atoms in total. The van der Waals surface area contributed by atoms with Crippen molar-refractivity contribution in [3.8, 4) is 0 Å². The van der Waals surface area contributed by atoms with Crippen LogP contribution in [-0.4, -0.2) is 44.9 Å². The maximum atomic E-state index is 13.4. The number of nitrogens with zero attached hydrogens (tertiary/aromatic N) is 6. The molecule has 0 amide bonds. The van der Waals surface area contributed by atoms with E-state index in [1.54, 1.807) is 12.1 Å². The van der Waals surface area contributed by atoms with Crippen molar-refractivity contribution in [1.82, 2.24) is 9.97 Å². The Morgan fingerprint density at radius 2 is 1.00 bits per heavy atom. The minimum atomic E-state index is -0.217. The van der Waals surface area contributed by atoms with E-state index in [-0.39, 0.29) is 5.78 Å². The summed E-state index contributed by atoms with van der Waals surface area (Å²) in [4.78, 5) is 30.8. The number of carbonyl (C=O) groups excluding carboxylic acids is 1. The first-order chi connectivity index (χ1) is 16.6. The molecule has 34 heavy (non-hydrogen) atoms. The van der Waals surface area contributed by atoms with Crippen LogP contribution in [0.1, 0.15) is 16.2 Å². The van der Waals surface area contributed by atoms with Crippen LogP contribution in [0.25, 0.3) is 0 Å². The third-order valence-corrected chi connectivity index (χ3v) is 6.05. The lowest BCUT2D eigenvalue weighted by molar-refractivity contribution is 0.103. The Morgan fingerprint density at radius 3 is 1.44 bits per heavy atom. The third kappa shape index (κ3) is 3.28. The van der Waals surface area contributed by atoms with Gasteiger partial charge in [0.05, 0.1) is 11.4 Å². The van der Waals surface area contributed by atoms with E-state index in [2.05, 4.69) is 22.1 Å². The quantitative estimate of drug-likeness (QED) is 0.351. The van der Waals surface area contributed by atoms with Crippen LogP contribution in [-0.2, 0) is 0 Å². The van der Waals surface area contributed by atoms with Gasteiger partial charge in [0.15, 0.2) is 0 Å². The molecule has 6 rings (SSSR count). The summed E-state index contributed by atoms with van der Waals surface area (Å²) >= 11 is 0. The highest BCUT2D eigenvalue weighted by Crippen LogP contribution is 2.39. The molecule has 2 aromatic carbocycles. The number of ketones is 1. The Bertz CT molecular complexity index is 1310. The molecule has 0 aliphatic carbocycles. The van der Waals surface area contributed by atoms with Gasteiger partial charge in [-0.3, -0.25) is 4.79 Å². The summed E-state index contributed by atoms with van der Waals surface area (Å²) in [5.41, 5.74) is 4.92. The number of hydrogen-bond acceptors (Lipinski definition) is 7. The van der Waals surface area contributed by atoms with Gasteiger partial charge in [0.25, 0.3) is 0 Å². The maximum Gasteiger partial charge on any atom is 0.397 e. The molecule has 2 radical (unpaired) electrons. The molecule has 0 atom stereocenters. The summed E-state index contributed by atoms with van der Waals surface area (Å²) in [6.07, 6.45) is 0. The van der Waals surface area contributed by atoms with Gasteiger partial charge >= 0.3 is 15.1 Å². The smallest absolute Gasteiger partial charge is 0.397 e. The van der Waals surface area contributed by atoms with Crippen LogP contribution < -0.4 is 19.2 Å². The van der Waals surface area contributed by atoms with Gasteiger partial charge in [0.1, 0.15) is 23.0 Å². The predicted molar refractivity (Wildman–Crippen MR) is 137 cm³/mol. The van der Waals surface area contributed by atoms with Gasteiger partial charge in [-0.2, -0.15) is 0 Å². The van der Waals surface area contributed by atoms with Crippen LogP contribution >= 0.6 is 0 Å². The summed E-state index contributed by atoms with van der Waals surface area (Å²) in [6, 6.07) is 27.2. The van der Waals surface area contributed by atoms with Crippen LogP contribution in [0.15, 0.2) is 84.9 Å². The molecule has 0 saturated carbocycles. The van der Waals surface area contributed by atoms with Gasteiger partial charge < -0.3 is 19.2 Å². The van der Waals surface area contributed by atoms with Crippen molar-refractivity contribution >= 4 is 55.3 Å². The minimum absolute atomic E-state index is 0.217. The van der Waals surface area contributed by atoms with Crippen molar-refractivity contribution < 1.29 is 4.79 Å². The predicted octanol–water partition coefficient (Wildman–Crippen LogP) is 3.95. The second-order valence-electron chi connectivity index (χ2n) is 8.26. The Labute approximate surface area is 199 Å². The molecular weight excluding hydrogens is 422 g/mol. The highest BCUT2D eigenvalue weighted by Gasteiger charge is 2.29. The zero-order valence-corrected chi connectivity index (χ0v) is 18.8. The molecule has 2 aliphatic heterocycles. The largest absolute Gasteiger partial charge is 0.400 e. The zero-order chi connectivity index (χ0) is 23.2. The Morgan fingerprint density at radius 1 is 0.588 bits per heavy atom. The molecule has 162 valence electrons. The van der Waals surface area contributed by atoms with Gasteiger partial charge in [0, 0.05) is 11.4 Å². The number of fused-ring (bicyclic) bond motifs is 2. The van der Waals surface area contributed by atoms with E-state index in [9.17, 15) is 4.79 Å². The Balaban J connectivity index is 1.31. The SMILES string of the molecule is CN1[B]N(c2cccc(C(=O)c3cccc(N4[B]N(C)c5ccccc54)n3)n2)c2ccccc21. The topological polar surface area (TPSA) is 55.8 Å². The standard InChI is InChI=1S/C25H20B2N6O/c1-30-19-11-3-5-13-21(19)32(26-30)23-15-7-9-17(28-23)25(34)18-10-8-16-24(29-18)33-22-14-6-4-12-20(22)31(2)27-33/h3-16H,1-2H3. The fourth-order valence-corrected chi connectivity index (χ4v) is 4.39. The molecule has 4 aromatic rings. The van der Waals surface area contributed by atoms with E-state index in [4.69, 9.17) is 0 Å². The average molecular weight is 442 g/mol. The Hall–Kier alpha value is -4.26. The number of benzene rings is 2. The number of aromatic nitrogens is 2. The molecule has 2 aliphatic rings. The average Bonchev–Trinajstić information content (AvgIpc) is 3.41. The lowest BCUT2D eigenvalue weighted by Gasteiger charge is -2.18. The molecule has 0 unspecified atom stereocenters. The first-order valence-corrected chi connectivity index (χ1v) is 11.0. The summed E-state index contributed by atoms with van der Waals surface area (Å²) in [5, 5.41) is 0. The van der Waals surface area contributed by atoms with Crippen molar-refractivity contribution in [2.75, 3.05) is 33.3 Å². The van der Waals surface area contributed by atoms with Crippen molar-refractivity contribution in [2.45, 2.75) is 0 Å². The van der Waals surface area contributed by atoms with E-state index >= 15 is 0 Å². The molecule has 0 N–H and O–H groups in total. The normalized spacial score (nSPS) is 13.9. The van der Waals surface area contributed by atoms with Crippen LogP contribution in [0.2, 0.25) is 0 Å². The number of anilines is 6. The van der Waals surface area contributed by atoms with Gasteiger partial charge in [-0.1, -0.05) is 36.4 Å². The van der Waals surface area contributed by atoms with E-state index in [1.165, 1.54) is 0 Å². The van der Waals surface area contributed by atoms with E-state index < -0.39 is 0 Å². The van der Waals surface area contributed by atoms with Crippen LogP contribution in [0, 0.1) is 0 Å².